The number of imide groups is 1. The summed E-state index contributed by atoms with van der Waals surface area (Å²) in [4.78, 5) is 58.3. The zero-order valence-corrected chi connectivity index (χ0v) is 30.2. The number of anilines is 2. The van der Waals surface area contributed by atoms with Gasteiger partial charge in [0.1, 0.15) is 0 Å². The standard InChI is InChI=1S/C34H29BrN4O8S3/c1-46-23-12-15(2-11-22(23)47-14-24(40)37-17-5-9-19(10-6-17)50(36,44)45)25-26-20-13-21(29(26)48-31-30(25)49-34(43)38-31)28-27(20)32(41)39(33(28)42)18-7-3-16(35)4-8-18/h2-12,20-21,25-29H,13-14H2,1H3,(H,37,40)(H,38,43)(H2,36,44,45)/t20?,21?,25-,26?,27?,28?,29?/m1/s1. The van der Waals surface area contributed by atoms with Gasteiger partial charge in [-0.2, -0.15) is 0 Å². The van der Waals surface area contributed by atoms with Gasteiger partial charge < -0.3 is 19.8 Å². The molecule has 6 unspecified atom stereocenters. The summed E-state index contributed by atoms with van der Waals surface area (Å²) in [5.74, 6) is -1.21. The lowest BCUT2D eigenvalue weighted by molar-refractivity contribution is -0.123. The highest BCUT2D eigenvalue weighted by Crippen LogP contribution is 2.68. The molecule has 4 N–H and O–H groups in total. The number of primary sulfonamides is 1. The first-order valence-corrected chi connectivity index (χ1v) is 19.7. The average molecular weight is 798 g/mol. The number of H-pyrrole nitrogens is 1. The van der Waals surface area contributed by atoms with Crippen LogP contribution in [0.1, 0.15) is 22.8 Å². The topological polar surface area (TPSA) is 178 Å². The molecule has 3 aromatic carbocycles. The van der Waals surface area contributed by atoms with Crippen molar-refractivity contribution in [2.24, 2.45) is 34.7 Å². The number of thioether (sulfide) groups is 1. The minimum atomic E-state index is -3.86. The summed E-state index contributed by atoms with van der Waals surface area (Å²) in [6.45, 7) is -0.348. The Morgan fingerprint density at radius 1 is 1.00 bits per heavy atom. The highest BCUT2D eigenvalue weighted by molar-refractivity contribution is 9.10. The number of thiazole rings is 1. The maximum absolute atomic E-state index is 14.0. The summed E-state index contributed by atoms with van der Waals surface area (Å²) < 4.78 is 35.4. The van der Waals surface area contributed by atoms with Crippen molar-refractivity contribution in [2.75, 3.05) is 23.9 Å². The SMILES string of the molecule is COc1cc([C@H]2c3sc(=O)[nH]c3SC3C4CC(C5C(=O)N(c6ccc(Br)cc6)C(=O)C45)C32)ccc1OCC(=O)Nc1ccc(S(N)(=O)=O)cc1. The number of sulfonamides is 1. The Balaban J connectivity index is 1.06. The third-order valence-electron chi connectivity index (χ3n) is 10.2. The van der Waals surface area contributed by atoms with Crippen LogP contribution in [0.2, 0.25) is 0 Å². The molecule has 0 spiro atoms. The average Bonchev–Trinajstić information content (AvgIpc) is 3.83. The number of fused-ring (bicyclic) bond motifs is 9. The van der Waals surface area contributed by atoms with Crippen LogP contribution in [0.3, 0.4) is 0 Å². The Kier molecular flexibility index (Phi) is 8.21. The van der Waals surface area contributed by atoms with Crippen molar-refractivity contribution < 1.29 is 32.3 Å². The number of hydrogen-bond acceptors (Lipinski definition) is 10. The van der Waals surface area contributed by atoms with E-state index in [-0.39, 0.29) is 57.1 Å². The van der Waals surface area contributed by atoms with Crippen LogP contribution in [-0.2, 0) is 24.4 Å². The quantitative estimate of drug-likeness (QED) is 0.216. The summed E-state index contributed by atoms with van der Waals surface area (Å²) in [5, 5.41) is 8.61. The number of carbonyl (C=O) groups excluding carboxylic acids is 3. The molecule has 258 valence electrons. The number of ether oxygens (including phenoxy) is 2. The van der Waals surface area contributed by atoms with E-state index in [1.54, 1.807) is 30.0 Å². The van der Waals surface area contributed by atoms with Gasteiger partial charge in [-0.05, 0) is 90.4 Å². The molecule has 2 saturated carbocycles. The summed E-state index contributed by atoms with van der Waals surface area (Å²) in [7, 11) is -2.36. The zero-order chi connectivity index (χ0) is 35.1. The Hall–Kier alpha value is -3.96. The Morgan fingerprint density at radius 2 is 1.70 bits per heavy atom. The molecule has 8 rings (SSSR count). The number of halogens is 1. The van der Waals surface area contributed by atoms with E-state index in [0.717, 1.165) is 26.4 Å². The van der Waals surface area contributed by atoms with Crippen molar-refractivity contribution in [3.8, 4) is 11.5 Å². The van der Waals surface area contributed by atoms with Gasteiger partial charge in [0.25, 0.3) is 5.91 Å². The van der Waals surface area contributed by atoms with E-state index >= 15 is 0 Å². The smallest absolute Gasteiger partial charge is 0.305 e. The van der Waals surface area contributed by atoms with Crippen LogP contribution in [0.4, 0.5) is 11.4 Å². The van der Waals surface area contributed by atoms with Gasteiger partial charge in [0.05, 0.1) is 34.6 Å². The van der Waals surface area contributed by atoms with E-state index in [0.29, 0.717) is 22.9 Å². The summed E-state index contributed by atoms with van der Waals surface area (Å²) in [6.07, 6.45) is 0.761. The molecule has 2 aliphatic heterocycles. The van der Waals surface area contributed by atoms with Crippen LogP contribution >= 0.6 is 39.0 Å². The summed E-state index contributed by atoms with van der Waals surface area (Å²) in [6, 6.07) is 18.1. The second-order valence-electron chi connectivity index (χ2n) is 12.8. The molecular weight excluding hydrogens is 768 g/mol. The number of rotatable bonds is 8. The van der Waals surface area contributed by atoms with E-state index in [1.165, 1.54) is 47.6 Å². The first-order valence-electron chi connectivity index (χ1n) is 15.7. The molecule has 12 nitrogen and oxygen atoms in total. The molecule has 50 heavy (non-hydrogen) atoms. The van der Waals surface area contributed by atoms with Gasteiger partial charge in [-0.15, -0.1) is 11.8 Å². The van der Waals surface area contributed by atoms with Crippen LogP contribution in [0.15, 0.2) is 85.9 Å². The number of aromatic nitrogens is 1. The van der Waals surface area contributed by atoms with Gasteiger partial charge >= 0.3 is 4.87 Å². The molecule has 1 saturated heterocycles. The van der Waals surface area contributed by atoms with E-state index in [9.17, 15) is 27.6 Å². The molecule has 3 fully saturated rings. The molecule has 2 aliphatic carbocycles. The van der Waals surface area contributed by atoms with Gasteiger partial charge in [-0.3, -0.25) is 24.1 Å². The molecule has 1 aromatic heterocycles. The van der Waals surface area contributed by atoms with Gasteiger partial charge in [0.15, 0.2) is 18.1 Å². The monoisotopic (exact) mass is 796 g/mol. The van der Waals surface area contributed by atoms with E-state index in [1.807, 2.05) is 24.3 Å². The third kappa shape index (κ3) is 5.48. The van der Waals surface area contributed by atoms with Crippen LogP contribution in [0, 0.1) is 29.6 Å². The number of amides is 3. The number of benzene rings is 3. The van der Waals surface area contributed by atoms with Gasteiger partial charge in [-0.1, -0.05) is 33.3 Å². The van der Waals surface area contributed by atoms with Gasteiger partial charge in [-0.25, -0.2) is 13.6 Å². The Bertz CT molecular complexity index is 2220. The maximum Gasteiger partial charge on any atom is 0.305 e. The number of nitrogens with one attached hydrogen (secondary N) is 2. The molecule has 3 heterocycles. The molecule has 0 radical (unpaired) electrons. The lowest BCUT2D eigenvalue weighted by Gasteiger charge is -2.43. The fourth-order valence-electron chi connectivity index (χ4n) is 8.30. The zero-order valence-electron chi connectivity index (χ0n) is 26.2. The number of nitrogens with two attached hydrogens (primary N) is 1. The number of aromatic amines is 1. The molecule has 4 aliphatic rings. The lowest BCUT2D eigenvalue weighted by Crippen LogP contribution is -2.42. The number of carbonyl (C=O) groups is 3. The summed E-state index contributed by atoms with van der Waals surface area (Å²) in [5.41, 5.74) is 1.82. The lowest BCUT2D eigenvalue weighted by atomic mass is 9.68. The highest BCUT2D eigenvalue weighted by Gasteiger charge is 2.69. The van der Waals surface area contributed by atoms with Crippen molar-refractivity contribution in [1.82, 2.24) is 4.98 Å². The summed E-state index contributed by atoms with van der Waals surface area (Å²) >= 11 is 6.21. The predicted molar refractivity (Wildman–Crippen MR) is 190 cm³/mol. The first-order chi connectivity index (χ1) is 23.9. The van der Waals surface area contributed by atoms with Gasteiger partial charge in [0, 0.05) is 26.2 Å². The normalized spacial score (nSPS) is 26.4. The second kappa shape index (κ2) is 12.4. The van der Waals surface area contributed by atoms with Crippen LogP contribution in [0.5, 0.6) is 11.5 Å². The fraction of sp³-hybridized carbons (Fsp3) is 0.294. The molecule has 2 bridgehead atoms. The number of nitrogens with zero attached hydrogens (tertiary/aromatic N) is 1. The second-order valence-corrected chi connectivity index (χ2v) is 17.4. The minimum absolute atomic E-state index is 0.00489. The van der Waals surface area contributed by atoms with Crippen molar-refractivity contribution >= 4 is 78.1 Å². The highest BCUT2D eigenvalue weighted by atomic mass is 79.9. The van der Waals surface area contributed by atoms with Crippen LogP contribution in [-0.4, -0.2) is 50.1 Å². The molecule has 3 amide bonds. The van der Waals surface area contributed by atoms with E-state index < -0.39 is 27.8 Å². The first kappa shape index (κ1) is 33.2. The van der Waals surface area contributed by atoms with Gasteiger partial charge in [0.2, 0.25) is 21.8 Å². The van der Waals surface area contributed by atoms with Crippen molar-refractivity contribution in [3.63, 3.8) is 0 Å². The largest absolute Gasteiger partial charge is 0.493 e. The Labute approximate surface area is 302 Å². The molecule has 4 aromatic rings. The fourth-order valence-corrected chi connectivity index (χ4v) is 12.0. The number of methoxy groups -OCH3 is 1. The van der Waals surface area contributed by atoms with Crippen molar-refractivity contribution in [1.29, 1.82) is 0 Å². The van der Waals surface area contributed by atoms with Crippen LogP contribution < -0.4 is 29.7 Å². The Morgan fingerprint density at radius 3 is 2.38 bits per heavy atom. The van der Waals surface area contributed by atoms with E-state index in [2.05, 4.69) is 26.2 Å². The van der Waals surface area contributed by atoms with Crippen LogP contribution in [0.25, 0.3) is 0 Å². The minimum Gasteiger partial charge on any atom is -0.493 e. The maximum atomic E-state index is 14.0. The molecule has 16 heteroatoms. The predicted octanol–water partition coefficient (Wildman–Crippen LogP) is 4.55. The van der Waals surface area contributed by atoms with Crippen molar-refractivity contribution in [3.05, 3.63) is 91.3 Å². The molecule has 7 atom stereocenters. The van der Waals surface area contributed by atoms with Crippen molar-refractivity contribution in [2.45, 2.75) is 27.5 Å². The number of hydrogen-bond donors (Lipinski definition) is 3. The molecular formula is C34H29BrN4O8S3. The van der Waals surface area contributed by atoms with E-state index in [4.69, 9.17) is 14.6 Å². The third-order valence-corrected chi connectivity index (χ3v) is 14.2.